The lowest BCUT2D eigenvalue weighted by molar-refractivity contribution is -0.0578. The van der Waals surface area contributed by atoms with Crippen molar-refractivity contribution in [2.45, 2.75) is 18.5 Å². The zero-order valence-corrected chi connectivity index (χ0v) is 15.4. The molecule has 3 aromatic rings. The lowest BCUT2D eigenvalue weighted by Gasteiger charge is -2.34. The Hall–Kier alpha value is -2.84. The second-order valence-corrected chi connectivity index (χ2v) is 7.60. The van der Waals surface area contributed by atoms with Crippen LogP contribution in [-0.4, -0.2) is 58.6 Å². The lowest BCUT2D eigenvalue weighted by Crippen LogP contribution is -2.47. The molecule has 0 spiro atoms. The van der Waals surface area contributed by atoms with Crippen molar-refractivity contribution in [1.82, 2.24) is 19.4 Å². The summed E-state index contributed by atoms with van der Waals surface area (Å²) >= 11 is 0. The Balaban J connectivity index is 1.44. The van der Waals surface area contributed by atoms with Gasteiger partial charge in [0.25, 0.3) is 0 Å². The number of likely N-dealkylation sites (tertiary alicyclic amines) is 1. The van der Waals surface area contributed by atoms with Crippen molar-refractivity contribution in [3.05, 3.63) is 30.7 Å². The highest BCUT2D eigenvalue weighted by atomic mass is 16.7. The standard InChI is InChI=1S/C20H21N5O3/c21-19-18-15(12-1-2-16-17(5-12)28-11-27-16)7-25(20(18)23-10-22-19)13-3-4-24(6-13)14-8-26-9-14/h1-2,5,7,10,13-14H,3-4,6,8-9,11H2,(H2,21,22,23)/t13-/m0/s1. The average molecular weight is 379 g/mol. The molecule has 28 heavy (non-hydrogen) atoms. The van der Waals surface area contributed by atoms with Gasteiger partial charge in [-0.05, 0) is 24.1 Å². The molecule has 8 nitrogen and oxygen atoms in total. The lowest BCUT2D eigenvalue weighted by atomic mass is 10.1. The molecular formula is C20H21N5O3. The number of benzene rings is 1. The van der Waals surface area contributed by atoms with Crippen molar-refractivity contribution in [2.75, 3.05) is 38.8 Å². The van der Waals surface area contributed by atoms with E-state index < -0.39 is 0 Å². The third-order valence-corrected chi connectivity index (χ3v) is 6.05. The quantitative estimate of drug-likeness (QED) is 0.745. The minimum atomic E-state index is 0.259. The maximum Gasteiger partial charge on any atom is 0.231 e. The van der Waals surface area contributed by atoms with E-state index in [9.17, 15) is 0 Å². The number of aromatic nitrogens is 3. The van der Waals surface area contributed by atoms with Gasteiger partial charge in [0.15, 0.2) is 11.5 Å². The number of nitrogen functional groups attached to an aromatic ring is 1. The Labute approximate surface area is 161 Å². The van der Waals surface area contributed by atoms with Gasteiger partial charge in [-0.1, -0.05) is 6.07 Å². The van der Waals surface area contributed by atoms with Crippen LogP contribution in [0.2, 0.25) is 0 Å². The van der Waals surface area contributed by atoms with Crippen molar-refractivity contribution in [3.8, 4) is 22.6 Å². The van der Waals surface area contributed by atoms with Crippen LogP contribution in [0.3, 0.4) is 0 Å². The van der Waals surface area contributed by atoms with E-state index in [4.69, 9.17) is 19.9 Å². The van der Waals surface area contributed by atoms with Gasteiger partial charge in [-0.2, -0.15) is 0 Å². The van der Waals surface area contributed by atoms with E-state index in [1.54, 1.807) is 6.33 Å². The number of anilines is 1. The molecule has 0 unspecified atom stereocenters. The Bertz CT molecular complexity index is 1060. The van der Waals surface area contributed by atoms with Crippen LogP contribution in [0.1, 0.15) is 12.5 Å². The number of ether oxygens (including phenoxy) is 3. The zero-order valence-electron chi connectivity index (χ0n) is 15.4. The number of nitrogens with two attached hydrogens (primary N) is 1. The van der Waals surface area contributed by atoms with E-state index in [-0.39, 0.29) is 6.79 Å². The molecule has 0 saturated carbocycles. The van der Waals surface area contributed by atoms with Crippen LogP contribution in [0.15, 0.2) is 30.7 Å². The van der Waals surface area contributed by atoms with Crippen molar-refractivity contribution in [3.63, 3.8) is 0 Å². The molecule has 2 N–H and O–H groups in total. The maximum absolute atomic E-state index is 6.28. The molecule has 0 radical (unpaired) electrons. The van der Waals surface area contributed by atoms with Crippen LogP contribution in [-0.2, 0) is 4.74 Å². The minimum absolute atomic E-state index is 0.259. The van der Waals surface area contributed by atoms with Crippen LogP contribution in [0.5, 0.6) is 11.5 Å². The first-order valence-corrected chi connectivity index (χ1v) is 9.61. The Kier molecular flexibility index (Phi) is 3.51. The van der Waals surface area contributed by atoms with E-state index >= 15 is 0 Å². The summed E-state index contributed by atoms with van der Waals surface area (Å²) in [4.78, 5) is 11.3. The van der Waals surface area contributed by atoms with Gasteiger partial charge in [0.1, 0.15) is 17.8 Å². The molecule has 3 aliphatic rings. The molecule has 2 aromatic heterocycles. The fraction of sp³-hybridized carbons (Fsp3) is 0.400. The van der Waals surface area contributed by atoms with Crippen LogP contribution in [0, 0.1) is 0 Å². The van der Waals surface area contributed by atoms with Crippen molar-refractivity contribution in [2.24, 2.45) is 0 Å². The summed E-state index contributed by atoms with van der Waals surface area (Å²) in [5.74, 6) is 2.02. The molecule has 3 aliphatic heterocycles. The molecule has 0 amide bonds. The van der Waals surface area contributed by atoms with E-state index in [0.717, 1.165) is 66.4 Å². The maximum atomic E-state index is 6.28. The van der Waals surface area contributed by atoms with Crippen LogP contribution >= 0.6 is 0 Å². The van der Waals surface area contributed by atoms with Crippen molar-refractivity contribution < 1.29 is 14.2 Å². The monoisotopic (exact) mass is 379 g/mol. The van der Waals surface area contributed by atoms with E-state index in [1.807, 2.05) is 18.2 Å². The first-order valence-electron chi connectivity index (χ1n) is 9.61. The van der Waals surface area contributed by atoms with Gasteiger partial charge in [-0.3, -0.25) is 4.90 Å². The van der Waals surface area contributed by atoms with Gasteiger partial charge in [-0.25, -0.2) is 9.97 Å². The smallest absolute Gasteiger partial charge is 0.231 e. The Morgan fingerprint density at radius 1 is 1.07 bits per heavy atom. The number of hydrogen-bond donors (Lipinski definition) is 1. The summed E-state index contributed by atoms with van der Waals surface area (Å²) < 4.78 is 18.6. The number of nitrogens with zero attached hydrogens (tertiary/aromatic N) is 4. The van der Waals surface area contributed by atoms with Gasteiger partial charge in [0.2, 0.25) is 6.79 Å². The van der Waals surface area contributed by atoms with Crippen LogP contribution in [0.4, 0.5) is 5.82 Å². The summed E-state index contributed by atoms with van der Waals surface area (Å²) in [6.07, 6.45) is 4.80. The summed E-state index contributed by atoms with van der Waals surface area (Å²) in [5, 5.41) is 0.895. The molecule has 1 atom stereocenters. The molecular weight excluding hydrogens is 358 g/mol. The highest BCUT2D eigenvalue weighted by molar-refractivity contribution is 6.01. The number of rotatable bonds is 3. The highest BCUT2D eigenvalue weighted by Crippen LogP contribution is 2.41. The normalized spacial score (nSPS) is 22.1. The molecule has 6 rings (SSSR count). The highest BCUT2D eigenvalue weighted by Gasteiger charge is 2.34. The number of hydrogen-bond acceptors (Lipinski definition) is 7. The predicted molar refractivity (Wildman–Crippen MR) is 103 cm³/mol. The molecule has 0 bridgehead atoms. The fourth-order valence-corrected chi connectivity index (χ4v) is 4.43. The van der Waals surface area contributed by atoms with E-state index in [2.05, 4.69) is 25.6 Å². The summed E-state index contributed by atoms with van der Waals surface area (Å²) in [5.41, 5.74) is 9.21. The van der Waals surface area contributed by atoms with Gasteiger partial charge < -0.3 is 24.5 Å². The fourth-order valence-electron chi connectivity index (χ4n) is 4.43. The second-order valence-electron chi connectivity index (χ2n) is 7.60. The average Bonchev–Trinajstić information content (AvgIpc) is 3.37. The molecule has 0 aliphatic carbocycles. The summed E-state index contributed by atoms with van der Waals surface area (Å²) in [7, 11) is 0. The molecule has 1 aromatic carbocycles. The first kappa shape index (κ1) is 16.1. The van der Waals surface area contributed by atoms with Gasteiger partial charge in [0.05, 0.1) is 24.6 Å². The van der Waals surface area contributed by atoms with E-state index in [1.165, 1.54) is 0 Å². The molecule has 8 heteroatoms. The molecule has 2 saturated heterocycles. The second kappa shape index (κ2) is 6.08. The minimum Gasteiger partial charge on any atom is -0.454 e. The largest absolute Gasteiger partial charge is 0.454 e. The zero-order chi connectivity index (χ0) is 18.7. The molecule has 2 fully saturated rings. The Morgan fingerprint density at radius 3 is 2.82 bits per heavy atom. The van der Waals surface area contributed by atoms with Crippen molar-refractivity contribution in [1.29, 1.82) is 0 Å². The van der Waals surface area contributed by atoms with Gasteiger partial charge in [0, 0.05) is 30.9 Å². The van der Waals surface area contributed by atoms with Crippen LogP contribution in [0.25, 0.3) is 22.2 Å². The Morgan fingerprint density at radius 2 is 1.96 bits per heavy atom. The third-order valence-electron chi connectivity index (χ3n) is 6.05. The van der Waals surface area contributed by atoms with Gasteiger partial charge >= 0.3 is 0 Å². The summed E-state index contributed by atoms with van der Waals surface area (Å²) in [6, 6.07) is 6.89. The SMILES string of the molecule is Nc1ncnc2c1c(-c1ccc3c(c1)OCO3)cn2[C@H]1CCN(C2COC2)C1. The molecule has 144 valence electrons. The molecule has 5 heterocycles. The van der Waals surface area contributed by atoms with Crippen molar-refractivity contribution >= 4 is 16.9 Å². The third kappa shape index (κ3) is 2.38. The van der Waals surface area contributed by atoms with Crippen LogP contribution < -0.4 is 15.2 Å². The summed E-state index contributed by atoms with van der Waals surface area (Å²) in [6.45, 7) is 4.03. The van der Waals surface area contributed by atoms with E-state index in [0.29, 0.717) is 17.9 Å². The van der Waals surface area contributed by atoms with Gasteiger partial charge in [-0.15, -0.1) is 0 Å². The topological polar surface area (TPSA) is 87.7 Å². The number of fused-ring (bicyclic) bond motifs is 2. The predicted octanol–water partition coefficient (Wildman–Crippen LogP) is 2.05. The first-order chi connectivity index (χ1) is 13.8.